The van der Waals surface area contributed by atoms with Gasteiger partial charge in [0.05, 0.1) is 0 Å². The second-order valence-electron chi connectivity index (χ2n) is 4.31. The van der Waals surface area contributed by atoms with Gasteiger partial charge >= 0.3 is 0 Å². The van der Waals surface area contributed by atoms with E-state index in [2.05, 4.69) is 20.3 Å². The fraction of sp³-hybridized carbons (Fsp3) is 0.545. The standard InChI is InChI=1S/C11H19N5O2S/c1-6(2)15-10(18)8-9(12)16-19-11(8)14-5-4-13-7(3)17/h6,14H,4-5H2,1-3H3,(H2,12,16)(H,13,17)(H,15,18). The van der Waals surface area contributed by atoms with Crippen molar-refractivity contribution in [3.8, 4) is 0 Å². The van der Waals surface area contributed by atoms with Crippen LogP contribution in [-0.4, -0.2) is 35.3 Å². The second kappa shape index (κ2) is 6.93. The van der Waals surface area contributed by atoms with Gasteiger partial charge in [0.25, 0.3) is 5.91 Å². The molecule has 2 amide bonds. The molecular weight excluding hydrogens is 266 g/mol. The quantitative estimate of drug-likeness (QED) is 0.566. The predicted octanol–water partition coefficient (Wildman–Crippen LogP) is 0.412. The molecule has 0 aromatic carbocycles. The summed E-state index contributed by atoms with van der Waals surface area (Å²) < 4.78 is 3.97. The predicted molar refractivity (Wildman–Crippen MR) is 76.3 cm³/mol. The highest BCUT2D eigenvalue weighted by Crippen LogP contribution is 2.26. The number of hydrogen-bond acceptors (Lipinski definition) is 6. The first-order valence-electron chi connectivity index (χ1n) is 5.96. The van der Waals surface area contributed by atoms with Gasteiger partial charge in [-0.15, -0.1) is 0 Å². The SMILES string of the molecule is CC(=O)NCCNc1snc(N)c1C(=O)NC(C)C. The van der Waals surface area contributed by atoms with Gasteiger partial charge in [-0.05, 0) is 25.4 Å². The van der Waals surface area contributed by atoms with Gasteiger partial charge in [0, 0.05) is 26.1 Å². The van der Waals surface area contributed by atoms with Crippen LogP contribution in [0.3, 0.4) is 0 Å². The molecule has 1 aromatic heterocycles. The third-order valence-corrected chi connectivity index (χ3v) is 2.97. The van der Waals surface area contributed by atoms with Gasteiger partial charge in [-0.2, -0.15) is 4.37 Å². The molecule has 0 radical (unpaired) electrons. The van der Waals surface area contributed by atoms with E-state index in [1.807, 2.05) is 13.8 Å². The van der Waals surface area contributed by atoms with E-state index in [1.54, 1.807) is 0 Å². The number of nitrogens with two attached hydrogens (primary N) is 1. The number of carbonyl (C=O) groups is 2. The normalized spacial score (nSPS) is 10.3. The van der Waals surface area contributed by atoms with E-state index >= 15 is 0 Å². The average molecular weight is 285 g/mol. The summed E-state index contributed by atoms with van der Waals surface area (Å²) >= 11 is 1.13. The molecule has 0 fully saturated rings. The van der Waals surface area contributed by atoms with Crippen molar-refractivity contribution in [3.63, 3.8) is 0 Å². The molecule has 5 N–H and O–H groups in total. The minimum Gasteiger partial charge on any atom is -0.382 e. The van der Waals surface area contributed by atoms with Gasteiger partial charge in [0.1, 0.15) is 10.6 Å². The number of nitrogens with zero attached hydrogens (tertiary/aromatic N) is 1. The smallest absolute Gasteiger partial charge is 0.258 e. The van der Waals surface area contributed by atoms with E-state index in [4.69, 9.17) is 5.73 Å². The number of anilines is 2. The molecule has 0 atom stereocenters. The molecule has 106 valence electrons. The lowest BCUT2D eigenvalue weighted by molar-refractivity contribution is -0.118. The third kappa shape index (κ3) is 4.74. The van der Waals surface area contributed by atoms with Crippen LogP contribution in [0.5, 0.6) is 0 Å². The zero-order valence-electron chi connectivity index (χ0n) is 11.2. The van der Waals surface area contributed by atoms with Gasteiger partial charge in [-0.25, -0.2) is 0 Å². The van der Waals surface area contributed by atoms with Crippen molar-refractivity contribution >= 4 is 34.2 Å². The number of amides is 2. The van der Waals surface area contributed by atoms with E-state index in [9.17, 15) is 9.59 Å². The Kier molecular flexibility index (Phi) is 5.56. The van der Waals surface area contributed by atoms with Crippen LogP contribution in [0.1, 0.15) is 31.1 Å². The minimum atomic E-state index is -0.247. The highest BCUT2D eigenvalue weighted by atomic mass is 32.1. The summed E-state index contributed by atoms with van der Waals surface area (Å²) in [5.74, 6) is -0.128. The van der Waals surface area contributed by atoms with Crippen LogP contribution in [0.4, 0.5) is 10.8 Å². The first-order chi connectivity index (χ1) is 8.91. The van der Waals surface area contributed by atoms with E-state index in [-0.39, 0.29) is 23.7 Å². The Hall–Kier alpha value is -1.83. The molecule has 1 heterocycles. The molecule has 0 saturated heterocycles. The monoisotopic (exact) mass is 285 g/mol. The highest BCUT2D eigenvalue weighted by molar-refractivity contribution is 7.11. The summed E-state index contributed by atoms with van der Waals surface area (Å²) in [6.07, 6.45) is 0. The Bertz CT molecular complexity index is 458. The van der Waals surface area contributed by atoms with Crippen molar-refractivity contribution in [3.05, 3.63) is 5.56 Å². The van der Waals surface area contributed by atoms with Crippen molar-refractivity contribution in [2.75, 3.05) is 24.1 Å². The highest BCUT2D eigenvalue weighted by Gasteiger charge is 2.19. The van der Waals surface area contributed by atoms with Crippen molar-refractivity contribution in [1.82, 2.24) is 15.0 Å². The van der Waals surface area contributed by atoms with Gasteiger partial charge in [0.15, 0.2) is 5.82 Å². The third-order valence-electron chi connectivity index (χ3n) is 2.15. The van der Waals surface area contributed by atoms with Gasteiger partial charge in [-0.3, -0.25) is 9.59 Å². The van der Waals surface area contributed by atoms with Crippen LogP contribution >= 0.6 is 11.5 Å². The molecule has 1 aromatic rings. The van der Waals surface area contributed by atoms with Crippen LogP contribution in [-0.2, 0) is 4.79 Å². The topological polar surface area (TPSA) is 109 Å². The van der Waals surface area contributed by atoms with Crippen molar-refractivity contribution < 1.29 is 9.59 Å². The number of rotatable bonds is 6. The summed E-state index contributed by atoms with van der Waals surface area (Å²) in [6, 6.07) is 0.0269. The molecule has 19 heavy (non-hydrogen) atoms. The Morgan fingerprint density at radius 3 is 2.63 bits per heavy atom. The van der Waals surface area contributed by atoms with Crippen molar-refractivity contribution in [1.29, 1.82) is 0 Å². The van der Waals surface area contributed by atoms with Crippen LogP contribution in [0.25, 0.3) is 0 Å². The lowest BCUT2D eigenvalue weighted by Crippen LogP contribution is -2.31. The Morgan fingerprint density at radius 2 is 2.05 bits per heavy atom. The number of hydrogen-bond donors (Lipinski definition) is 4. The summed E-state index contributed by atoms with van der Waals surface area (Å²) in [5, 5.41) is 9.08. The molecule has 0 saturated carbocycles. The molecule has 1 rings (SSSR count). The Morgan fingerprint density at radius 1 is 1.37 bits per heavy atom. The minimum absolute atomic E-state index is 0.0269. The fourth-order valence-electron chi connectivity index (χ4n) is 1.39. The Balaban J connectivity index is 2.64. The molecule has 0 aliphatic heterocycles. The number of carbonyl (C=O) groups excluding carboxylic acids is 2. The molecule has 0 bridgehead atoms. The number of nitrogens with one attached hydrogen (secondary N) is 3. The molecular formula is C11H19N5O2S. The van der Waals surface area contributed by atoms with E-state index in [1.165, 1.54) is 6.92 Å². The lowest BCUT2D eigenvalue weighted by atomic mass is 10.2. The van der Waals surface area contributed by atoms with Gasteiger partial charge < -0.3 is 21.7 Å². The molecule has 0 aliphatic carbocycles. The van der Waals surface area contributed by atoms with Crippen LogP contribution in [0.15, 0.2) is 0 Å². The molecule has 0 aliphatic rings. The first-order valence-corrected chi connectivity index (χ1v) is 6.73. The van der Waals surface area contributed by atoms with E-state index in [0.29, 0.717) is 23.7 Å². The van der Waals surface area contributed by atoms with Crippen LogP contribution in [0.2, 0.25) is 0 Å². The largest absolute Gasteiger partial charge is 0.382 e. The van der Waals surface area contributed by atoms with E-state index < -0.39 is 0 Å². The van der Waals surface area contributed by atoms with Crippen LogP contribution in [0, 0.1) is 0 Å². The maximum Gasteiger partial charge on any atom is 0.258 e. The van der Waals surface area contributed by atoms with Crippen molar-refractivity contribution in [2.45, 2.75) is 26.8 Å². The molecule has 0 spiro atoms. The first kappa shape index (κ1) is 15.2. The van der Waals surface area contributed by atoms with Gasteiger partial charge in [0.2, 0.25) is 5.91 Å². The molecule has 7 nitrogen and oxygen atoms in total. The molecule has 0 unspecified atom stereocenters. The summed E-state index contributed by atoms with van der Waals surface area (Å²) in [4.78, 5) is 22.7. The fourth-order valence-corrected chi connectivity index (χ4v) is 2.13. The summed E-state index contributed by atoms with van der Waals surface area (Å²) in [5.41, 5.74) is 6.06. The zero-order chi connectivity index (χ0) is 14.4. The maximum absolute atomic E-state index is 12.0. The number of nitrogen functional groups attached to an aromatic ring is 1. The molecule has 8 heteroatoms. The lowest BCUT2D eigenvalue weighted by Gasteiger charge is -2.10. The summed E-state index contributed by atoms with van der Waals surface area (Å²) in [6.45, 7) is 6.17. The Labute approximate surface area is 116 Å². The zero-order valence-corrected chi connectivity index (χ0v) is 12.1. The second-order valence-corrected chi connectivity index (χ2v) is 5.08. The maximum atomic E-state index is 12.0. The van der Waals surface area contributed by atoms with E-state index in [0.717, 1.165) is 11.5 Å². The van der Waals surface area contributed by atoms with Gasteiger partial charge in [-0.1, -0.05) is 0 Å². The number of aromatic nitrogens is 1. The summed E-state index contributed by atoms with van der Waals surface area (Å²) in [7, 11) is 0. The van der Waals surface area contributed by atoms with Crippen molar-refractivity contribution in [2.24, 2.45) is 0 Å². The van der Waals surface area contributed by atoms with Crippen LogP contribution < -0.4 is 21.7 Å². The average Bonchev–Trinajstić information content (AvgIpc) is 2.65.